The van der Waals surface area contributed by atoms with Gasteiger partial charge in [-0.15, -0.1) is 0 Å². The molecule has 0 amide bonds. The zero-order valence-electron chi connectivity index (χ0n) is 18.2. The van der Waals surface area contributed by atoms with Crippen LogP contribution >= 0.6 is 23.2 Å². The van der Waals surface area contributed by atoms with Crippen molar-refractivity contribution in [2.24, 2.45) is 23.2 Å². The third kappa shape index (κ3) is 5.70. The largest absolute Gasteiger partial charge is 0.473 e. The van der Waals surface area contributed by atoms with Crippen molar-refractivity contribution < 1.29 is 24.5 Å². The number of imidazole rings is 1. The smallest absolute Gasteiger partial charge is 0.414 e. The highest BCUT2D eigenvalue weighted by atomic mass is 35.5. The molecule has 2 N–H and O–H groups in total. The summed E-state index contributed by atoms with van der Waals surface area (Å²) < 4.78 is 8.80. The quantitative estimate of drug-likeness (QED) is 0.538. The lowest BCUT2D eigenvalue weighted by atomic mass is 9.48. The second-order valence-electron chi connectivity index (χ2n) is 9.69. The van der Waals surface area contributed by atoms with Gasteiger partial charge in [-0.1, -0.05) is 29.3 Å². The maximum atomic E-state index is 9.10. The Morgan fingerprint density at radius 3 is 2.18 bits per heavy atom. The predicted molar refractivity (Wildman–Crippen MR) is 123 cm³/mol. The Hall–Kier alpha value is -2.09. The molecule has 7 nitrogen and oxygen atoms in total. The summed E-state index contributed by atoms with van der Waals surface area (Å²) in [5, 5.41) is 16.1. The van der Waals surface area contributed by atoms with Crippen LogP contribution in [-0.4, -0.2) is 37.8 Å². The fraction of sp³-hybridized carbons (Fsp3) is 0.542. The monoisotopic (exact) mass is 494 g/mol. The first-order valence-electron chi connectivity index (χ1n) is 11.2. The van der Waals surface area contributed by atoms with E-state index in [4.69, 9.17) is 47.7 Å². The number of carboxylic acid groups (broad SMARTS) is 2. The Bertz CT molecular complexity index is 947. The third-order valence-electron chi connectivity index (χ3n) is 7.34. The standard InChI is InChI=1S/C22H26Cl2N2O.C2H2O4/c23-19-2-1-18(20(24)8-19)13-27-21(12-26-4-3-25-14-26)22-9-15-5-16(10-22)7-17(6-15)11-22;3-1(4)2(5)6/h1-4,8,14-17,21H,5-7,9-13H2;(H,3,4)(H,5,6). The average molecular weight is 495 g/mol. The summed E-state index contributed by atoms with van der Waals surface area (Å²) in [5.74, 6) is -0.928. The minimum absolute atomic E-state index is 0.201. The molecule has 2 aromatic rings. The van der Waals surface area contributed by atoms with Crippen LogP contribution in [0.4, 0.5) is 0 Å². The fourth-order valence-electron chi connectivity index (χ4n) is 6.41. The summed E-state index contributed by atoms with van der Waals surface area (Å²) in [6.07, 6.45) is 14.3. The van der Waals surface area contributed by atoms with Crippen LogP contribution in [0.3, 0.4) is 0 Å². The van der Waals surface area contributed by atoms with Crippen molar-refractivity contribution in [1.29, 1.82) is 0 Å². The first kappa shape index (κ1) is 24.0. The van der Waals surface area contributed by atoms with Crippen molar-refractivity contribution in [2.75, 3.05) is 0 Å². The summed E-state index contributed by atoms with van der Waals surface area (Å²) in [6, 6.07) is 5.68. The zero-order valence-corrected chi connectivity index (χ0v) is 19.7. The highest BCUT2D eigenvalue weighted by Crippen LogP contribution is 2.62. The molecular weight excluding hydrogens is 467 g/mol. The van der Waals surface area contributed by atoms with Gasteiger partial charge < -0.3 is 19.5 Å². The van der Waals surface area contributed by atoms with Gasteiger partial charge in [0.25, 0.3) is 0 Å². The van der Waals surface area contributed by atoms with Crippen LogP contribution in [0.25, 0.3) is 0 Å². The van der Waals surface area contributed by atoms with Crippen LogP contribution in [0.2, 0.25) is 10.0 Å². The zero-order chi connectivity index (χ0) is 23.6. The summed E-state index contributed by atoms with van der Waals surface area (Å²) in [7, 11) is 0. The van der Waals surface area contributed by atoms with Gasteiger partial charge in [-0.3, -0.25) is 0 Å². The number of halogens is 2. The van der Waals surface area contributed by atoms with Crippen molar-refractivity contribution in [2.45, 2.75) is 57.8 Å². The molecule has 4 aliphatic rings. The molecule has 33 heavy (non-hydrogen) atoms. The topological polar surface area (TPSA) is 102 Å². The van der Waals surface area contributed by atoms with E-state index in [-0.39, 0.29) is 6.10 Å². The molecule has 6 rings (SSSR count). The van der Waals surface area contributed by atoms with E-state index in [0.29, 0.717) is 22.1 Å². The van der Waals surface area contributed by atoms with Crippen molar-refractivity contribution in [3.63, 3.8) is 0 Å². The number of nitrogens with zero attached hydrogens (tertiary/aromatic N) is 2. The first-order chi connectivity index (χ1) is 15.7. The second kappa shape index (κ2) is 10.0. The van der Waals surface area contributed by atoms with Crippen LogP contribution < -0.4 is 0 Å². The Kier molecular flexibility index (Phi) is 7.31. The van der Waals surface area contributed by atoms with Crippen LogP contribution in [0.1, 0.15) is 44.1 Å². The van der Waals surface area contributed by atoms with Gasteiger partial charge >= 0.3 is 11.9 Å². The minimum atomic E-state index is -1.82. The molecule has 1 aromatic carbocycles. The number of carbonyl (C=O) groups is 2. The molecule has 0 radical (unpaired) electrons. The van der Waals surface area contributed by atoms with Gasteiger partial charge in [0.1, 0.15) is 0 Å². The highest BCUT2D eigenvalue weighted by molar-refractivity contribution is 6.35. The summed E-state index contributed by atoms with van der Waals surface area (Å²) in [6.45, 7) is 1.41. The van der Waals surface area contributed by atoms with Crippen LogP contribution in [0.15, 0.2) is 36.9 Å². The molecule has 0 aliphatic heterocycles. The molecule has 1 heterocycles. The van der Waals surface area contributed by atoms with E-state index in [0.717, 1.165) is 29.9 Å². The van der Waals surface area contributed by atoms with E-state index in [9.17, 15) is 0 Å². The number of hydrogen-bond donors (Lipinski definition) is 2. The second-order valence-corrected chi connectivity index (χ2v) is 10.5. The van der Waals surface area contributed by atoms with Gasteiger partial charge in [0.15, 0.2) is 0 Å². The van der Waals surface area contributed by atoms with Gasteiger partial charge in [0.2, 0.25) is 0 Å². The van der Waals surface area contributed by atoms with Gasteiger partial charge in [-0.25, -0.2) is 14.6 Å². The lowest BCUT2D eigenvalue weighted by Crippen LogP contribution is -2.53. The number of carboxylic acids is 2. The lowest BCUT2D eigenvalue weighted by molar-refractivity contribution is -0.159. The van der Waals surface area contributed by atoms with Gasteiger partial charge in [-0.05, 0) is 79.4 Å². The fourth-order valence-corrected chi connectivity index (χ4v) is 6.87. The molecule has 4 aliphatic carbocycles. The molecule has 0 spiro atoms. The maximum Gasteiger partial charge on any atom is 0.414 e. The number of aliphatic carboxylic acids is 2. The van der Waals surface area contributed by atoms with E-state index >= 15 is 0 Å². The predicted octanol–water partition coefficient (Wildman–Crippen LogP) is 5.15. The molecule has 1 aromatic heterocycles. The van der Waals surface area contributed by atoms with Gasteiger partial charge in [0.05, 0.1) is 25.6 Å². The van der Waals surface area contributed by atoms with Crippen LogP contribution in [-0.2, 0) is 27.5 Å². The van der Waals surface area contributed by atoms with E-state index in [1.807, 2.05) is 30.9 Å². The minimum Gasteiger partial charge on any atom is -0.473 e. The average Bonchev–Trinajstić information content (AvgIpc) is 3.25. The Morgan fingerprint density at radius 1 is 1.09 bits per heavy atom. The normalized spacial score (nSPS) is 28.1. The lowest BCUT2D eigenvalue weighted by Gasteiger charge is -2.59. The Morgan fingerprint density at radius 2 is 1.70 bits per heavy atom. The van der Waals surface area contributed by atoms with Gasteiger partial charge in [0, 0.05) is 22.4 Å². The van der Waals surface area contributed by atoms with Crippen molar-refractivity contribution in [3.8, 4) is 0 Å². The van der Waals surface area contributed by atoms with Crippen molar-refractivity contribution >= 4 is 35.1 Å². The SMILES string of the molecule is Clc1ccc(COC(Cn2ccnc2)C23CC4CC(CC(C4)C2)C3)c(Cl)c1.O=C(O)C(=O)O. The molecule has 4 bridgehead atoms. The molecule has 1 atom stereocenters. The van der Waals surface area contributed by atoms with E-state index in [2.05, 4.69) is 9.55 Å². The van der Waals surface area contributed by atoms with Crippen LogP contribution in [0.5, 0.6) is 0 Å². The number of hydrogen-bond acceptors (Lipinski definition) is 4. The summed E-state index contributed by atoms with van der Waals surface area (Å²) in [5.41, 5.74) is 1.33. The van der Waals surface area contributed by atoms with Crippen LogP contribution in [0, 0.1) is 23.2 Å². The summed E-state index contributed by atoms with van der Waals surface area (Å²) >= 11 is 12.4. The third-order valence-corrected chi connectivity index (χ3v) is 7.93. The number of benzene rings is 1. The van der Waals surface area contributed by atoms with E-state index in [1.165, 1.54) is 38.5 Å². The van der Waals surface area contributed by atoms with Crippen molar-refractivity contribution in [3.05, 3.63) is 52.5 Å². The first-order valence-corrected chi connectivity index (χ1v) is 12.0. The van der Waals surface area contributed by atoms with Crippen molar-refractivity contribution in [1.82, 2.24) is 9.55 Å². The number of ether oxygens (including phenoxy) is 1. The molecular formula is C24H28Cl2N2O5. The Labute approximate surface area is 202 Å². The van der Waals surface area contributed by atoms with E-state index < -0.39 is 11.9 Å². The Balaban J connectivity index is 0.000000385. The highest BCUT2D eigenvalue weighted by Gasteiger charge is 2.54. The summed E-state index contributed by atoms with van der Waals surface area (Å²) in [4.78, 5) is 22.4. The number of rotatable bonds is 6. The maximum absolute atomic E-state index is 9.10. The molecule has 4 fully saturated rings. The molecule has 0 saturated heterocycles. The van der Waals surface area contributed by atoms with E-state index in [1.54, 1.807) is 6.07 Å². The van der Waals surface area contributed by atoms with Gasteiger partial charge in [-0.2, -0.15) is 0 Å². The molecule has 178 valence electrons. The molecule has 9 heteroatoms. The number of aromatic nitrogens is 2. The molecule has 4 saturated carbocycles. The molecule has 1 unspecified atom stereocenters.